The van der Waals surface area contributed by atoms with Crippen LogP contribution in [0.25, 0.3) is 10.2 Å². The fourth-order valence-electron chi connectivity index (χ4n) is 2.47. The first-order chi connectivity index (χ1) is 12.5. The first kappa shape index (κ1) is 18.7. The molecule has 1 aromatic carbocycles. The zero-order valence-corrected chi connectivity index (χ0v) is 17.0. The van der Waals surface area contributed by atoms with Crippen molar-refractivity contribution in [1.82, 2.24) is 14.9 Å². The van der Waals surface area contributed by atoms with E-state index in [2.05, 4.69) is 31.3 Å². The van der Waals surface area contributed by atoms with Gasteiger partial charge in [-0.15, -0.1) is 23.1 Å². The molecule has 0 spiro atoms. The van der Waals surface area contributed by atoms with E-state index in [1.165, 1.54) is 15.3 Å². The maximum atomic E-state index is 12.0. The molecule has 5 nitrogen and oxygen atoms in total. The molecular formula is C19H22N4OS2. The van der Waals surface area contributed by atoms with Gasteiger partial charge in [0.25, 0.3) is 0 Å². The normalized spacial score (nSPS) is 10.9. The Morgan fingerprint density at radius 2 is 1.92 bits per heavy atom. The van der Waals surface area contributed by atoms with Crippen molar-refractivity contribution in [2.24, 2.45) is 0 Å². The Hall–Kier alpha value is -2.12. The Morgan fingerprint density at radius 3 is 2.62 bits per heavy atom. The van der Waals surface area contributed by atoms with Crippen molar-refractivity contribution in [1.29, 1.82) is 0 Å². The third-order valence-corrected chi connectivity index (χ3v) is 6.20. The second-order valence-corrected chi connectivity index (χ2v) is 8.45. The first-order valence-electron chi connectivity index (χ1n) is 8.34. The van der Waals surface area contributed by atoms with Gasteiger partial charge in [0.15, 0.2) is 0 Å². The lowest BCUT2D eigenvalue weighted by Crippen LogP contribution is -2.29. The lowest BCUT2D eigenvalue weighted by atomic mass is 10.2. The van der Waals surface area contributed by atoms with Gasteiger partial charge in [-0.1, -0.05) is 18.2 Å². The minimum Gasteiger partial charge on any atom is -0.360 e. The smallest absolute Gasteiger partial charge is 0.241 e. The summed E-state index contributed by atoms with van der Waals surface area (Å²) in [6.07, 6.45) is 0. The number of benzene rings is 1. The number of nitrogens with zero attached hydrogens (tertiary/aromatic N) is 3. The van der Waals surface area contributed by atoms with Crippen LogP contribution in [0.15, 0.2) is 35.2 Å². The van der Waals surface area contributed by atoms with E-state index in [9.17, 15) is 4.79 Å². The summed E-state index contributed by atoms with van der Waals surface area (Å²) >= 11 is 3.38. The van der Waals surface area contributed by atoms with Gasteiger partial charge in [-0.2, -0.15) is 0 Å². The van der Waals surface area contributed by atoms with Gasteiger partial charge in [0.1, 0.15) is 16.5 Å². The lowest BCUT2D eigenvalue weighted by molar-refractivity contribution is -0.126. The number of rotatable bonds is 6. The molecule has 0 saturated carbocycles. The van der Waals surface area contributed by atoms with E-state index in [1.54, 1.807) is 42.1 Å². The van der Waals surface area contributed by atoms with Crippen LogP contribution in [0.5, 0.6) is 0 Å². The van der Waals surface area contributed by atoms with Crippen LogP contribution >= 0.6 is 23.1 Å². The topological polar surface area (TPSA) is 58.1 Å². The summed E-state index contributed by atoms with van der Waals surface area (Å²) in [5, 5.41) is 4.24. The number of thiophene rings is 1. The summed E-state index contributed by atoms with van der Waals surface area (Å²) in [5.74, 6) is 2.22. The third-order valence-electron chi connectivity index (χ3n) is 4.09. The number of carbonyl (C=O) groups excluding carboxylic acids is 1. The Bertz CT molecular complexity index is 922. The Balaban J connectivity index is 1.88. The predicted octanol–water partition coefficient (Wildman–Crippen LogP) is 4.10. The molecule has 1 N–H and O–H groups in total. The molecule has 0 aliphatic heterocycles. The molecule has 0 fully saturated rings. The van der Waals surface area contributed by atoms with E-state index < -0.39 is 0 Å². The molecule has 1 amide bonds. The number of nitrogens with one attached hydrogen (secondary N) is 1. The van der Waals surface area contributed by atoms with Crippen LogP contribution in [0.1, 0.15) is 16.3 Å². The maximum Gasteiger partial charge on any atom is 0.241 e. The Labute approximate surface area is 161 Å². The quantitative estimate of drug-likeness (QED) is 0.646. The summed E-state index contributed by atoms with van der Waals surface area (Å²) in [5.41, 5.74) is 1.17. The number of aromatic nitrogens is 2. The molecule has 0 aliphatic carbocycles. The molecule has 3 rings (SSSR count). The highest BCUT2D eigenvalue weighted by molar-refractivity contribution is 7.98. The maximum absolute atomic E-state index is 12.0. The number of likely N-dealkylation sites (N-methyl/N-ethyl adjacent to an activating group) is 1. The Kier molecular flexibility index (Phi) is 5.78. The Morgan fingerprint density at radius 1 is 1.19 bits per heavy atom. The highest BCUT2D eigenvalue weighted by Gasteiger charge is 2.16. The van der Waals surface area contributed by atoms with Crippen molar-refractivity contribution in [3.63, 3.8) is 0 Å². The number of thioether (sulfide) groups is 1. The van der Waals surface area contributed by atoms with Crippen molar-refractivity contribution < 1.29 is 4.79 Å². The van der Waals surface area contributed by atoms with Gasteiger partial charge >= 0.3 is 0 Å². The van der Waals surface area contributed by atoms with Gasteiger partial charge in [0.2, 0.25) is 5.91 Å². The summed E-state index contributed by atoms with van der Waals surface area (Å²) < 4.78 is 0. The van der Waals surface area contributed by atoms with Gasteiger partial charge < -0.3 is 10.2 Å². The molecule has 0 radical (unpaired) electrons. The highest BCUT2D eigenvalue weighted by Crippen LogP contribution is 2.34. The molecule has 0 saturated heterocycles. The van der Waals surface area contributed by atoms with E-state index in [0.717, 1.165) is 21.9 Å². The van der Waals surface area contributed by atoms with Crippen LogP contribution in [-0.4, -0.2) is 41.4 Å². The number of aryl methyl sites for hydroxylation is 2. The number of hydrogen-bond acceptors (Lipinski definition) is 6. The van der Waals surface area contributed by atoms with Crippen LogP contribution in [0.4, 0.5) is 5.82 Å². The molecule has 136 valence electrons. The van der Waals surface area contributed by atoms with Crippen molar-refractivity contribution in [2.75, 3.05) is 26.0 Å². The molecule has 0 aliphatic rings. The van der Waals surface area contributed by atoms with Crippen LogP contribution < -0.4 is 5.32 Å². The number of fused-ring (bicyclic) bond motifs is 1. The van der Waals surface area contributed by atoms with Crippen LogP contribution in [0.3, 0.4) is 0 Å². The largest absolute Gasteiger partial charge is 0.360 e. The van der Waals surface area contributed by atoms with E-state index in [4.69, 9.17) is 9.97 Å². The minimum absolute atomic E-state index is 0.0153. The number of hydrogen-bond donors (Lipinski definition) is 1. The molecule has 3 aromatic rings. The fourth-order valence-corrected chi connectivity index (χ4v) is 4.29. The van der Waals surface area contributed by atoms with E-state index in [0.29, 0.717) is 5.75 Å². The van der Waals surface area contributed by atoms with E-state index in [1.807, 2.05) is 18.2 Å². The summed E-state index contributed by atoms with van der Waals surface area (Å²) in [4.78, 5) is 26.4. The highest BCUT2D eigenvalue weighted by atomic mass is 32.2. The van der Waals surface area contributed by atoms with Crippen molar-refractivity contribution in [3.05, 3.63) is 46.6 Å². The van der Waals surface area contributed by atoms with Gasteiger partial charge in [-0.25, -0.2) is 9.97 Å². The average Bonchev–Trinajstić information content (AvgIpc) is 2.92. The summed E-state index contributed by atoms with van der Waals surface area (Å²) in [6.45, 7) is 4.39. The van der Waals surface area contributed by atoms with Crippen LogP contribution in [0.2, 0.25) is 0 Å². The zero-order valence-electron chi connectivity index (χ0n) is 15.4. The van der Waals surface area contributed by atoms with Crippen molar-refractivity contribution >= 4 is 45.0 Å². The fraction of sp³-hybridized carbons (Fsp3) is 0.316. The first-order valence-corrected chi connectivity index (χ1v) is 10.1. The van der Waals surface area contributed by atoms with Gasteiger partial charge in [-0.3, -0.25) is 4.79 Å². The third kappa shape index (κ3) is 4.16. The number of amides is 1. The molecular weight excluding hydrogens is 364 g/mol. The molecule has 0 unspecified atom stereocenters. The number of carbonyl (C=O) groups is 1. The predicted molar refractivity (Wildman–Crippen MR) is 110 cm³/mol. The molecule has 26 heavy (non-hydrogen) atoms. The number of anilines is 1. The van der Waals surface area contributed by atoms with E-state index in [-0.39, 0.29) is 12.5 Å². The minimum atomic E-state index is 0.0153. The van der Waals surface area contributed by atoms with Gasteiger partial charge in [-0.05, 0) is 31.5 Å². The summed E-state index contributed by atoms with van der Waals surface area (Å²) in [6, 6.07) is 10.2. The second-order valence-electron chi connectivity index (χ2n) is 6.20. The molecule has 7 heteroatoms. The molecule has 2 heterocycles. The van der Waals surface area contributed by atoms with Crippen molar-refractivity contribution in [3.8, 4) is 0 Å². The van der Waals surface area contributed by atoms with Crippen LogP contribution in [-0.2, 0) is 10.5 Å². The second kappa shape index (κ2) is 8.05. The van der Waals surface area contributed by atoms with Gasteiger partial charge in [0, 0.05) is 23.9 Å². The summed E-state index contributed by atoms with van der Waals surface area (Å²) in [7, 11) is 3.50. The standard InChI is InChI=1S/C19H22N4OS2/c1-12-13(2)26-19-17(12)18(20-10-16(24)23(3)4)21-15(22-19)11-25-14-8-6-5-7-9-14/h5-9H,10-11H2,1-4H3,(H,20,21,22). The molecule has 0 atom stereocenters. The van der Waals surface area contributed by atoms with E-state index >= 15 is 0 Å². The van der Waals surface area contributed by atoms with Crippen LogP contribution in [0, 0.1) is 13.8 Å². The monoisotopic (exact) mass is 386 g/mol. The average molecular weight is 387 g/mol. The van der Waals surface area contributed by atoms with Crippen molar-refractivity contribution in [2.45, 2.75) is 24.5 Å². The van der Waals surface area contributed by atoms with Gasteiger partial charge in [0.05, 0.1) is 17.7 Å². The lowest BCUT2D eigenvalue weighted by Gasteiger charge is -2.13. The molecule has 0 bridgehead atoms. The zero-order chi connectivity index (χ0) is 18.7. The molecule has 2 aromatic heterocycles. The SMILES string of the molecule is Cc1sc2nc(CSc3ccccc3)nc(NCC(=O)N(C)C)c2c1C.